The second-order valence-electron chi connectivity index (χ2n) is 9.43. The molecule has 0 aliphatic carbocycles. The fourth-order valence-corrected chi connectivity index (χ4v) is 3.97. The van der Waals surface area contributed by atoms with E-state index in [4.69, 9.17) is 14.2 Å². The standard InChI is InChI=1S/C27H31N3O12/c1-14-23(36)25(26(38)39)42-27(24(14)37)41-18-6-5-16(4-3-11-40-15(2)31)12-17(18)29-19(32)9-10-28-20(33)13-30-21(34)7-8-22(30)35/h3-8,12,14,23-25,27,36-37H,9-11,13H2,1-2H3,(H,28,33)(H,29,32)(H,38,39)/b4-3+/t14-,23-,24+,25-,27+/m0/s1. The highest BCUT2D eigenvalue weighted by atomic mass is 16.7. The van der Waals surface area contributed by atoms with E-state index in [1.54, 1.807) is 18.2 Å². The predicted molar refractivity (Wildman–Crippen MR) is 142 cm³/mol. The zero-order chi connectivity index (χ0) is 31.0. The van der Waals surface area contributed by atoms with Gasteiger partial charge in [0, 0.05) is 38.0 Å². The number of aliphatic carboxylic acids is 1. The van der Waals surface area contributed by atoms with Crippen LogP contribution in [0.5, 0.6) is 5.75 Å². The highest BCUT2D eigenvalue weighted by Gasteiger charge is 2.46. The van der Waals surface area contributed by atoms with E-state index in [-0.39, 0.29) is 31.0 Å². The number of anilines is 1. The molecule has 1 fully saturated rings. The predicted octanol–water partition coefficient (Wildman–Crippen LogP) is -0.821. The van der Waals surface area contributed by atoms with Gasteiger partial charge in [-0.3, -0.25) is 28.9 Å². The molecule has 5 N–H and O–H groups in total. The topological polar surface area (TPSA) is 218 Å². The summed E-state index contributed by atoms with van der Waals surface area (Å²) in [7, 11) is 0. The number of hydrogen-bond donors (Lipinski definition) is 5. The third-order valence-corrected chi connectivity index (χ3v) is 6.28. The van der Waals surface area contributed by atoms with Gasteiger partial charge in [-0.15, -0.1) is 0 Å². The van der Waals surface area contributed by atoms with Crippen LogP contribution in [0.15, 0.2) is 36.4 Å². The number of ether oxygens (including phenoxy) is 3. The van der Waals surface area contributed by atoms with Gasteiger partial charge in [-0.2, -0.15) is 0 Å². The van der Waals surface area contributed by atoms with Crippen molar-refractivity contribution in [3.8, 4) is 5.75 Å². The van der Waals surface area contributed by atoms with E-state index in [0.29, 0.717) is 5.56 Å². The maximum atomic E-state index is 12.7. The van der Waals surface area contributed by atoms with Crippen LogP contribution in [0.1, 0.15) is 25.8 Å². The Balaban J connectivity index is 1.69. The smallest absolute Gasteiger partial charge is 0.335 e. The normalized spacial score (nSPS) is 23.6. The first kappa shape index (κ1) is 31.9. The van der Waals surface area contributed by atoms with Crippen molar-refractivity contribution < 1.29 is 58.3 Å². The van der Waals surface area contributed by atoms with Crippen LogP contribution >= 0.6 is 0 Å². The number of rotatable bonds is 12. The van der Waals surface area contributed by atoms with Crippen LogP contribution in [-0.2, 0) is 38.2 Å². The molecular weight excluding hydrogens is 558 g/mol. The van der Waals surface area contributed by atoms with Gasteiger partial charge < -0.3 is 40.2 Å². The molecule has 0 spiro atoms. The molecule has 3 rings (SSSR count). The first-order chi connectivity index (χ1) is 19.9. The Hall–Kier alpha value is -4.60. The monoisotopic (exact) mass is 589 g/mol. The van der Waals surface area contributed by atoms with Crippen molar-refractivity contribution in [3.63, 3.8) is 0 Å². The quantitative estimate of drug-likeness (QED) is 0.149. The summed E-state index contributed by atoms with van der Waals surface area (Å²) < 4.78 is 15.9. The summed E-state index contributed by atoms with van der Waals surface area (Å²) in [6.07, 6.45) is -1.05. The number of carbonyl (C=O) groups excluding carboxylic acids is 5. The van der Waals surface area contributed by atoms with Gasteiger partial charge >= 0.3 is 11.9 Å². The molecule has 0 radical (unpaired) electrons. The van der Waals surface area contributed by atoms with Crippen molar-refractivity contribution in [3.05, 3.63) is 42.0 Å². The molecule has 1 saturated heterocycles. The number of nitrogens with zero attached hydrogens (tertiary/aromatic N) is 1. The number of aliphatic hydroxyl groups excluding tert-OH is 2. The maximum absolute atomic E-state index is 12.7. The minimum atomic E-state index is -1.67. The van der Waals surface area contributed by atoms with Gasteiger partial charge in [0.1, 0.15) is 25.0 Å². The lowest BCUT2D eigenvalue weighted by atomic mass is 9.90. The highest BCUT2D eigenvalue weighted by molar-refractivity contribution is 6.14. The number of imide groups is 1. The molecule has 2 heterocycles. The molecule has 2 aliphatic heterocycles. The highest BCUT2D eigenvalue weighted by Crippen LogP contribution is 2.32. The molecule has 0 aromatic heterocycles. The number of amides is 4. The lowest BCUT2D eigenvalue weighted by Crippen LogP contribution is -2.57. The first-order valence-corrected chi connectivity index (χ1v) is 12.8. The van der Waals surface area contributed by atoms with Crippen molar-refractivity contribution in [2.24, 2.45) is 5.92 Å². The molecule has 0 unspecified atom stereocenters. The van der Waals surface area contributed by atoms with Crippen molar-refractivity contribution in [1.29, 1.82) is 0 Å². The van der Waals surface area contributed by atoms with Crippen LogP contribution in [0.4, 0.5) is 5.69 Å². The van der Waals surface area contributed by atoms with Gasteiger partial charge in [0.15, 0.2) is 6.10 Å². The van der Waals surface area contributed by atoms with Crippen molar-refractivity contribution >= 4 is 47.3 Å². The van der Waals surface area contributed by atoms with E-state index < -0.39 is 72.6 Å². The molecule has 1 aromatic rings. The lowest BCUT2D eigenvalue weighted by molar-refractivity contribution is -0.255. The number of hydrogen-bond acceptors (Lipinski definition) is 11. The van der Waals surface area contributed by atoms with Crippen molar-refractivity contribution in [1.82, 2.24) is 10.2 Å². The zero-order valence-electron chi connectivity index (χ0n) is 22.7. The van der Waals surface area contributed by atoms with Gasteiger partial charge in [0.05, 0.1) is 11.8 Å². The maximum Gasteiger partial charge on any atom is 0.335 e. The van der Waals surface area contributed by atoms with E-state index in [9.17, 15) is 44.1 Å². The minimum absolute atomic E-state index is 0.000131. The van der Waals surface area contributed by atoms with E-state index in [1.165, 1.54) is 26.0 Å². The fourth-order valence-electron chi connectivity index (χ4n) is 3.97. The van der Waals surface area contributed by atoms with Crippen molar-refractivity contribution in [2.75, 3.05) is 25.0 Å². The van der Waals surface area contributed by atoms with E-state index in [2.05, 4.69) is 10.6 Å². The summed E-state index contributed by atoms with van der Waals surface area (Å²) in [6, 6.07) is 4.51. The Bertz CT molecular complexity index is 1270. The Morgan fingerprint density at radius 2 is 1.76 bits per heavy atom. The average molecular weight is 590 g/mol. The molecule has 15 heteroatoms. The van der Waals surface area contributed by atoms with Crippen LogP contribution in [0.3, 0.4) is 0 Å². The summed E-state index contributed by atoms with van der Waals surface area (Å²) in [4.78, 5) is 71.3. The number of carboxylic acids is 1. The van der Waals surface area contributed by atoms with E-state index in [0.717, 1.165) is 17.1 Å². The molecule has 226 valence electrons. The molecule has 1 aromatic carbocycles. The Morgan fingerprint density at radius 1 is 1.07 bits per heavy atom. The zero-order valence-corrected chi connectivity index (χ0v) is 22.7. The second-order valence-corrected chi connectivity index (χ2v) is 9.43. The Labute approximate surface area is 239 Å². The Kier molecular flexibility index (Phi) is 10.9. The van der Waals surface area contributed by atoms with Gasteiger partial charge in [-0.1, -0.05) is 19.1 Å². The van der Waals surface area contributed by atoms with Crippen LogP contribution in [0.2, 0.25) is 0 Å². The summed E-state index contributed by atoms with van der Waals surface area (Å²) in [5.41, 5.74) is 0.644. The van der Waals surface area contributed by atoms with Crippen LogP contribution in [0, 0.1) is 5.92 Å². The molecule has 0 saturated carbocycles. The van der Waals surface area contributed by atoms with Gasteiger partial charge in [0.2, 0.25) is 18.1 Å². The van der Waals surface area contributed by atoms with Gasteiger partial charge in [-0.25, -0.2) is 4.79 Å². The number of esters is 1. The summed E-state index contributed by atoms with van der Waals surface area (Å²) >= 11 is 0. The van der Waals surface area contributed by atoms with Crippen LogP contribution in [-0.4, -0.2) is 100 Å². The average Bonchev–Trinajstić information content (AvgIpc) is 3.24. The summed E-state index contributed by atoms with van der Waals surface area (Å²) in [5.74, 6) is -5.30. The number of carbonyl (C=O) groups is 6. The van der Waals surface area contributed by atoms with Crippen molar-refractivity contribution in [2.45, 2.75) is 44.9 Å². The number of aliphatic hydroxyl groups is 2. The van der Waals surface area contributed by atoms with E-state index in [1.807, 2.05) is 0 Å². The molecule has 0 bridgehead atoms. The van der Waals surface area contributed by atoms with Crippen LogP contribution in [0.25, 0.3) is 6.08 Å². The molecule has 42 heavy (non-hydrogen) atoms. The van der Waals surface area contributed by atoms with Crippen LogP contribution < -0.4 is 15.4 Å². The Morgan fingerprint density at radius 3 is 2.40 bits per heavy atom. The lowest BCUT2D eigenvalue weighted by Gasteiger charge is -2.39. The third kappa shape index (κ3) is 8.45. The fraction of sp³-hybridized carbons (Fsp3) is 0.407. The molecule has 4 amide bonds. The molecular formula is C27H31N3O12. The van der Waals surface area contributed by atoms with E-state index >= 15 is 0 Å². The number of carboxylic acid groups (broad SMARTS) is 1. The summed E-state index contributed by atoms with van der Waals surface area (Å²) in [5, 5.41) is 35.1. The second kappa shape index (κ2) is 14.3. The first-order valence-electron chi connectivity index (χ1n) is 12.8. The minimum Gasteiger partial charge on any atom is -0.479 e. The molecule has 5 atom stereocenters. The molecule has 2 aliphatic rings. The number of benzene rings is 1. The summed E-state index contributed by atoms with van der Waals surface area (Å²) in [6.45, 7) is 2.06. The largest absolute Gasteiger partial charge is 0.479 e. The molecule has 15 nitrogen and oxygen atoms in total. The van der Waals surface area contributed by atoms with Gasteiger partial charge in [0.25, 0.3) is 11.8 Å². The SMILES string of the molecule is CC(=O)OC/C=C/c1ccc(O[C@@H]2O[C@H](C(=O)O)[C@@H](O)[C@H](C)[C@H]2O)c(NC(=O)CCNC(=O)CN2C(=O)C=CC2=O)c1. The van der Waals surface area contributed by atoms with Gasteiger partial charge in [-0.05, 0) is 23.8 Å². The third-order valence-electron chi connectivity index (χ3n) is 6.28. The number of nitrogens with one attached hydrogen (secondary N) is 2.